The van der Waals surface area contributed by atoms with Crippen LogP contribution in [0.15, 0.2) is 11.3 Å². The predicted molar refractivity (Wildman–Crippen MR) is 97.2 cm³/mol. The van der Waals surface area contributed by atoms with Crippen molar-refractivity contribution in [1.82, 2.24) is 4.98 Å². The summed E-state index contributed by atoms with van der Waals surface area (Å²) in [6, 6.07) is 0. The summed E-state index contributed by atoms with van der Waals surface area (Å²) in [5.74, 6) is -0.800. The standard InChI is InChI=1S/C20H24ClNO3/c1-3-6-15(23)19-16(24)9-12(10-17(19)25)18-14-8-5-4-7-13(14)11(2)22-20(18)21/h12,24H,3-10H2,1-2H3. The molecule has 5 heteroatoms. The molecule has 0 saturated heterocycles. The highest BCUT2D eigenvalue weighted by Crippen LogP contribution is 2.41. The van der Waals surface area contributed by atoms with Gasteiger partial charge in [-0.1, -0.05) is 18.5 Å². The van der Waals surface area contributed by atoms with E-state index in [1.54, 1.807) is 0 Å². The number of rotatable bonds is 4. The normalized spacial score (nSPS) is 20.6. The number of aryl methyl sites for hydroxylation is 1. The fourth-order valence-electron chi connectivity index (χ4n) is 4.18. The highest BCUT2D eigenvalue weighted by atomic mass is 35.5. The Morgan fingerprint density at radius 1 is 1.24 bits per heavy atom. The Hall–Kier alpha value is -1.68. The van der Waals surface area contributed by atoms with Crippen molar-refractivity contribution in [1.29, 1.82) is 0 Å². The van der Waals surface area contributed by atoms with Crippen molar-refractivity contribution in [3.63, 3.8) is 0 Å². The van der Waals surface area contributed by atoms with E-state index >= 15 is 0 Å². The van der Waals surface area contributed by atoms with Crippen LogP contribution in [0.25, 0.3) is 0 Å². The fourth-order valence-corrected chi connectivity index (χ4v) is 4.58. The van der Waals surface area contributed by atoms with Gasteiger partial charge in [0.15, 0.2) is 11.6 Å². The topological polar surface area (TPSA) is 67.3 Å². The molecule has 0 aromatic carbocycles. The average Bonchev–Trinajstić information content (AvgIpc) is 2.54. The number of allylic oxidation sites excluding steroid dienone is 2. The van der Waals surface area contributed by atoms with Crippen molar-refractivity contribution >= 4 is 23.2 Å². The number of hydrogen-bond acceptors (Lipinski definition) is 4. The zero-order valence-electron chi connectivity index (χ0n) is 14.8. The number of pyridine rings is 1. The SMILES string of the molecule is CCCC(=O)C1=C(O)CC(c2c(Cl)nc(C)c3c2CCCC3)CC1=O. The number of ketones is 2. The van der Waals surface area contributed by atoms with Gasteiger partial charge in [-0.3, -0.25) is 9.59 Å². The van der Waals surface area contributed by atoms with E-state index in [4.69, 9.17) is 11.6 Å². The van der Waals surface area contributed by atoms with Gasteiger partial charge < -0.3 is 5.11 Å². The molecular weight excluding hydrogens is 338 g/mol. The lowest BCUT2D eigenvalue weighted by molar-refractivity contribution is -0.122. The van der Waals surface area contributed by atoms with Crippen LogP contribution in [0.2, 0.25) is 5.15 Å². The molecule has 2 aliphatic rings. The Morgan fingerprint density at radius 3 is 2.56 bits per heavy atom. The number of aromatic nitrogens is 1. The number of Topliss-reactive ketones (excluding diaryl/α,β-unsaturated/α-hetero) is 2. The number of carbonyl (C=O) groups is 2. The molecule has 0 radical (unpaired) electrons. The predicted octanol–water partition coefficient (Wildman–Crippen LogP) is 4.55. The quantitative estimate of drug-likeness (QED) is 0.631. The Morgan fingerprint density at radius 2 is 1.92 bits per heavy atom. The monoisotopic (exact) mass is 361 g/mol. The molecule has 134 valence electrons. The maximum Gasteiger partial charge on any atom is 0.170 e. The van der Waals surface area contributed by atoms with Gasteiger partial charge in [0.2, 0.25) is 0 Å². The van der Waals surface area contributed by atoms with Crippen LogP contribution in [0.1, 0.15) is 73.8 Å². The van der Waals surface area contributed by atoms with Gasteiger partial charge in [0.1, 0.15) is 10.9 Å². The molecular formula is C20H24ClNO3. The summed E-state index contributed by atoms with van der Waals surface area (Å²) in [7, 11) is 0. The van der Waals surface area contributed by atoms with E-state index in [0.717, 1.165) is 36.9 Å². The molecule has 25 heavy (non-hydrogen) atoms. The van der Waals surface area contributed by atoms with E-state index in [9.17, 15) is 14.7 Å². The maximum atomic E-state index is 12.5. The summed E-state index contributed by atoms with van der Waals surface area (Å²) in [6.45, 7) is 3.86. The van der Waals surface area contributed by atoms with Crippen molar-refractivity contribution in [2.75, 3.05) is 0 Å². The number of nitrogens with zero attached hydrogens (tertiary/aromatic N) is 1. The summed E-state index contributed by atoms with van der Waals surface area (Å²) < 4.78 is 0. The summed E-state index contributed by atoms with van der Waals surface area (Å²) in [5, 5.41) is 10.8. The van der Waals surface area contributed by atoms with Gasteiger partial charge in [-0.25, -0.2) is 4.98 Å². The second-order valence-corrected chi connectivity index (χ2v) is 7.45. The van der Waals surface area contributed by atoms with Crippen LogP contribution in [0.3, 0.4) is 0 Å². The Kier molecular flexibility index (Phi) is 5.28. The van der Waals surface area contributed by atoms with Gasteiger partial charge in [0, 0.05) is 30.9 Å². The van der Waals surface area contributed by atoms with Crippen molar-refractivity contribution in [3.8, 4) is 0 Å². The lowest BCUT2D eigenvalue weighted by atomic mass is 9.77. The van der Waals surface area contributed by atoms with E-state index < -0.39 is 0 Å². The number of aliphatic hydroxyl groups is 1. The Labute approximate surface area is 153 Å². The number of aliphatic hydroxyl groups excluding tert-OH is 1. The lowest BCUT2D eigenvalue weighted by Crippen LogP contribution is -2.25. The zero-order valence-corrected chi connectivity index (χ0v) is 15.6. The Bertz CT molecular complexity index is 767. The summed E-state index contributed by atoms with van der Waals surface area (Å²) in [4.78, 5) is 29.2. The minimum Gasteiger partial charge on any atom is -0.511 e. The second-order valence-electron chi connectivity index (χ2n) is 7.09. The molecule has 0 saturated carbocycles. The molecule has 1 N–H and O–H groups in total. The zero-order chi connectivity index (χ0) is 18.1. The molecule has 0 aliphatic heterocycles. The molecule has 2 aliphatic carbocycles. The molecule has 1 atom stereocenters. The van der Waals surface area contributed by atoms with Gasteiger partial charge >= 0.3 is 0 Å². The van der Waals surface area contributed by atoms with Gasteiger partial charge in [-0.2, -0.15) is 0 Å². The molecule has 1 aromatic rings. The smallest absolute Gasteiger partial charge is 0.170 e. The summed E-state index contributed by atoms with van der Waals surface area (Å²) in [6.07, 6.45) is 5.61. The van der Waals surface area contributed by atoms with Gasteiger partial charge in [0.05, 0.1) is 5.57 Å². The largest absolute Gasteiger partial charge is 0.511 e. The van der Waals surface area contributed by atoms with Crippen LogP contribution in [-0.2, 0) is 22.4 Å². The van der Waals surface area contributed by atoms with E-state index in [1.807, 2.05) is 13.8 Å². The van der Waals surface area contributed by atoms with Crippen LogP contribution in [0.5, 0.6) is 0 Å². The van der Waals surface area contributed by atoms with Crippen molar-refractivity contribution < 1.29 is 14.7 Å². The first kappa shape index (κ1) is 18.1. The highest BCUT2D eigenvalue weighted by Gasteiger charge is 2.35. The van der Waals surface area contributed by atoms with E-state index in [-0.39, 0.29) is 48.1 Å². The first-order valence-electron chi connectivity index (χ1n) is 9.10. The lowest BCUT2D eigenvalue weighted by Gasteiger charge is -2.29. The van der Waals surface area contributed by atoms with Gasteiger partial charge in [0.25, 0.3) is 0 Å². The van der Waals surface area contributed by atoms with Gasteiger partial charge in [-0.05, 0) is 55.7 Å². The first-order chi connectivity index (χ1) is 11.9. The van der Waals surface area contributed by atoms with E-state index in [0.29, 0.717) is 11.6 Å². The second kappa shape index (κ2) is 7.28. The molecule has 1 unspecified atom stereocenters. The number of carbonyl (C=O) groups excluding carboxylic acids is 2. The third-order valence-electron chi connectivity index (χ3n) is 5.32. The average molecular weight is 362 g/mol. The molecule has 1 aromatic heterocycles. The molecule has 0 amide bonds. The molecule has 0 fully saturated rings. The minimum absolute atomic E-state index is 0.00293. The summed E-state index contributed by atoms with van der Waals surface area (Å²) >= 11 is 6.46. The number of hydrogen-bond donors (Lipinski definition) is 1. The van der Waals surface area contributed by atoms with E-state index in [2.05, 4.69) is 4.98 Å². The number of halogens is 1. The van der Waals surface area contributed by atoms with Crippen LogP contribution >= 0.6 is 11.6 Å². The highest BCUT2D eigenvalue weighted by molar-refractivity contribution is 6.30. The van der Waals surface area contributed by atoms with Crippen LogP contribution < -0.4 is 0 Å². The molecule has 0 spiro atoms. The van der Waals surface area contributed by atoms with Crippen molar-refractivity contribution in [2.45, 2.75) is 71.1 Å². The maximum absolute atomic E-state index is 12.5. The van der Waals surface area contributed by atoms with Crippen LogP contribution in [-0.4, -0.2) is 21.7 Å². The van der Waals surface area contributed by atoms with Gasteiger partial charge in [-0.15, -0.1) is 0 Å². The Balaban J connectivity index is 2.00. The molecule has 4 nitrogen and oxygen atoms in total. The first-order valence-corrected chi connectivity index (χ1v) is 9.48. The number of fused-ring (bicyclic) bond motifs is 1. The third kappa shape index (κ3) is 3.37. The summed E-state index contributed by atoms with van der Waals surface area (Å²) in [5.41, 5.74) is 4.32. The molecule has 1 heterocycles. The minimum atomic E-state index is -0.270. The molecule has 0 bridgehead atoms. The molecule has 3 rings (SSSR count). The van der Waals surface area contributed by atoms with Crippen molar-refractivity contribution in [2.24, 2.45) is 0 Å². The van der Waals surface area contributed by atoms with Crippen molar-refractivity contribution in [3.05, 3.63) is 38.9 Å². The fraction of sp³-hybridized carbons (Fsp3) is 0.550. The third-order valence-corrected chi connectivity index (χ3v) is 5.61. The van der Waals surface area contributed by atoms with Crippen LogP contribution in [0.4, 0.5) is 0 Å². The van der Waals surface area contributed by atoms with Crippen LogP contribution in [0, 0.1) is 6.92 Å². The van der Waals surface area contributed by atoms with E-state index in [1.165, 1.54) is 11.1 Å².